The maximum atomic E-state index is 11.3. The molecule has 8 nitrogen and oxygen atoms in total. The molecule has 29 heavy (non-hydrogen) atoms. The molecule has 0 bridgehead atoms. The number of aromatic amines is 2. The molecule has 2 heterocycles. The number of aromatic nitrogens is 4. The SMILES string of the molecule is Cc1ccc2nc(SCN(C)CSc3nc4ccc(S(=O)(=O)O)cc4[nH]3)[nH]c2c1. The Morgan fingerprint density at radius 2 is 1.52 bits per heavy atom. The Labute approximate surface area is 176 Å². The van der Waals surface area contributed by atoms with Crippen molar-refractivity contribution in [1.29, 1.82) is 0 Å². The molecule has 0 spiro atoms. The minimum Gasteiger partial charge on any atom is -0.333 e. The van der Waals surface area contributed by atoms with Gasteiger partial charge in [-0.05, 0) is 49.9 Å². The van der Waals surface area contributed by atoms with Crippen LogP contribution in [0.1, 0.15) is 5.56 Å². The van der Waals surface area contributed by atoms with Gasteiger partial charge in [-0.2, -0.15) is 8.42 Å². The largest absolute Gasteiger partial charge is 0.333 e. The van der Waals surface area contributed by atoms with E-state index in [0.29, 0.717) is 22.1 Å². The number of aryl methyl sites for hydroxylation is 1. The zero-order valence-corrected chi connectivity index (χ0v) is 18.2. The molecule has 152 valence electrons. The molecule has 0 saturated heterocycles. The Balaban J connectivity index is 1.35. The van der Waals surface area contributed by atoms with E-state index < -0.39 is 10.1 Å². The number of rotatable bonds is 7. The first-order valence-electron chi connectivity index (χ1n) is 8.66. The molecule has 11 heteroatoms. The normalized spacial score (nSPS) is 12.4. The van der Waals surface area contributed by atoms with Crippen LogP contribution in [0.5, 0.6) is 0 Å². The van der Waals surface area contributed by atoms with Crippen molar-refractivity contribution in [2.24, 2.45) is 0 Å². The summed E-state index contributed by atoms with van der Waals surface area (Å²) in [5.74, 6) is 1.44. The highest BCUT2D eigenvalue weighted by Crippen LogP contribution is 2.24. The first-order valence-corrected chi connectivity index (χ1v) is 12.1. The molecule has 0 fully saturated rings. The van der Waals surface area contributed by atoms with Crippen LogP contribution in [0.25, 0.3) is 22.1 Å². The summed E-state index contributed by atoms with van der Waals surface area (Å²) < 4.78 is 31.7. The van der Waals surface area contributed by atoms with Crippen molar-refractivity contribution in [3.63, 3.8) is 0 Å². The van der Waals surface area contributed by atoms with Crippen LogP contribution in [0, 0.1) is 6.92 Å². The van der Waals surface area contributed by atoms with Crippen molar-refractivity contribution in [3.8, 4) is 0 Å². The van der Waals surface area contributed by atoms with E-state index in [0.717, 1.165) is 22.1 Å². The molecule has 2 aromatic carbocycles. The fourth-order valence-electron chi connectivity index (χ4n) is 2.74. The van der Waals surface area contributed by atoms with E-state index in [4.69, 9.17) is 4.55 Å². The third kappa shape index (κ3) is 4.75. The highest BCUT2D eigenvalue weighted by molar-refractivity contribution is 7.99. The van der Waals surface area contributed by atoms with Crippen molar-refractivity contribution in [3.05, 3.63) is 42.0 Å². The average molecular weight is 450 g/mol. The van der Waals surface area contributed by atoms with Crippen LogP contribution in [0.3, 0.4) is 0 Å². The predicted octanol–water partition coefficient (Wildman–Crippen LogP) is 3.73. The molecule has 0 aliphatic carbocycles. The Kier molecular flexibility index (Phi) is 5.58. The van der Waals surface area contributed by atoms with Gasteiger partial charge in [-0.15, -0.1) is 0 Å². The van der Waals surface area contributed by atoms with Crippen LogP contribution in [-0.4, -0.2) is 56.6 Å². The fourth-order valence-corrected chi connectivity index (χ4v) is 4.92. The molecule has 0 unspecified atom stereocenters. The van der Waals surface area contributed by atoms with Gasteiger partial charge >= 0.3 is 0 Å². The summed E-state index contributed by atoms with van der Waals surface area (Å²) in [6.07, 6.45) is 0. The van der Waals surface area contributed by atoms with Gasteiger partial charge in [0.1, 0.15) is 0 Å². The van der Waals surface area contributed by atoms with Gasteiger partial charge in [-0.25, -0.2) is 9.97 Å². The number of hydrogen-bond acceptors (Lipinski definition) is 7. The van der Waals surface area contributed by atoms with Gasteiger partial charge in [0.2, 0.25) is 0 Å². The standard InChI is InChI=1S/C18H19N5O3S3/c1-11-3-5-13-15(7-11)21-17(19-13)27-9-23(2)10-28-18-20-14-6-4-12(29(24,25)26)8-16(14)22-18/h3-8H,9-10H2,1-2H3,(H,19,21)(H,20,22)(H,24,25,26). The topological polar surface area (TPSA) is 115 Å². The summed E-state index contributed by atoms with van der Waals surface area (Å²) in [4.78, 5) is 17.4. The van der Waals surface area contributed by atoms with E-state index >= 15 is 0 Å². The Bertz CT molecular complexity index is 1280. The van der Waals surface area contributed by atoms with E-state index in [1.54, 1.807) is 17.8 Å². The molecule has 3 N–H and O–H groups in total. The lowest BCUT2D eigenvalue weighted by Crippen LogP contribution is -2.16. The van der Waals surface area contributed by atoms with E-state index in [1.165, 1.54) is 29.5 Å². The van der Waals surface area contributed by atoms with E-state index in [2.05, 4.69) is 37.8 Å². The fraction of sp³-hybridized carbons (Fsp3) is 0.222. The molecular formula is C18H19N5O3S3. The quantitative estimate of drug-likeness (QED) is 0.222. The summed E-state index contributed by atoms with van der Waals surface area (Å²) >= 11 is 3.14. The van der Waals surface area contributed by atoms with Gasteiger partial charge in [-0.1, -0.05) is 29.6 Å². The van der Waals surface area contributed by atoms with Gasteiger partial charge in [0.15, 0.2) is 10.3 Å². The van der Waals surface area contributed by atoms with Gasteiger partial charge in [0.05, 0.1) is 38.7 Å². The highest BCUT2D eigenvalue weighted by atomic mass is 32.2. The molecule has 0 atom stereocenters. The van der Waals surface area contributed by atoms with Crippen molar-refractivity contribution >= 4 is 55.7 Å². The summed E-state index contributed by atoms with van der Waals surface area (Å²) in [6, 6.07) is 10.4. The number of imidazole rings is 2. The average Bonchev–Trinajstić information content (AvgIpc) is 3.25. The third-order valence-electron chi connectivity index (χ3n) is 4.19. The number of thioether (sulfide) groups is 2. The highest BCUT2D eigenvalue weighted by Gasteiger charge is 2.13. The molecule has 2 aromatic heterocycles. The number of hydrogen-bond donors (Lipinski definition) is 3. The predicted molar refractivity (Wildman–Crippen MR) is 116 cm³/mol. The van der Waals surface area contributed by atoms with E-state index in [-0.39, 0.29) is 4.90 Å². The monoisotopic (exact) mass is 449 g/mol. The Morgan fingerprint density at radius 1 is 0.966 bits per heavy atom. The van der Waals surface area contributed by atoms with Crippen molar-refractivity contribution in [2.45, 2.75) is 22.1 Å². The summed E-state index contributed by atoms with van der Waals surface area (Å²) in [6.45, 7) is 2.06. The number of H-pyrrole nitrogens is 2. The molecule has 0 amide bonds. The first-order chi connectivity index (χ1) is 13.8. The third-order valence-corrected chi connectivity index (χ3v) is 7.11. The molecule has 0 aliphatic rings. The number of benzene rings is 2. The van der Waals surface area contributed by atoms with Crippen molar-refractivity contribution in [2.75, 3.05) is 18.8 Å². The summed E-state index contributed by atoms with van der Waals surface area (Å²) in [5, 5.41) is 1.56. The number of nitrogens with zero attached hydrogens (tertiary/aromatic N) is 3. The van der Waals surface area contributed by atoms with Gasteiger partial charge in [0, 0.05) is 0 Å². The van der Waals surface area contributed by atoms with Crippen LogP contribution < -0.4 is 0 Å². The van der Waals surface area contributed by atoms with Gasteiger partial charge in [0.25, 0.3) is 10.1 Å². The van der Waals surface area contributed by atoms with Crippen LogP contribution in [-0.2, 0) is 10.1 Å². The van der Waals surface area contributed by atoms with Gasteiger partial charge < -0.3 is 9.97 Å². The summed E-state index contributed by atoms with van der Waals surface area (Å²) in [7, 11) is -2.23. The lowest BCUT2D eigenvalue weighted by atomic mass is 10.2. The van der Waals surface area contributed by atoms with Crippen LogP contribution in [0.15, 0.2) is 51.6 Å². The van der Waals surface area contributed by atoms with Crippen molar-refractivity contribution < 1.29 is 13.0 Å². The smallest absolute Gasteiger partial charge is 0.294 e. The number of fused-ring (bicyclic) bond motifs is 2. The molecule has 4 aromatic rings. The number of nitrogens with one attached hydrogen (secondary N) is 2. The van der Waals surface area contributed by atoms with Crippen LogP contribution in [0.2, 0.25) is 0 Å². The molecule has 0 radical (unpaired) electrons. The van der Waals surface area contributed by atoms with Crippen LogP contribution >= 0.6 is 23.5 Å². The zero-order chi connectivity index (χ0) is 20.6. The minimum atomic E-state index is -4.23. The summed E-state index contributed by atoms with van der Waals surface area (Å²) in [5.41, 5.74) is 4.41. The van der Waals surface area contributed by atoms with Crippen LogP contribution in [0.4, 0.5) is 0 Å². The molecule has 4 rings (SSSR count). The second kappa shape index (κ2) is 8.00. The Hall–Kier alpha value is -2.05. The zero-order valence-electron chi connectivity index (χ0n) is 15.7. The molecule has 0 saturated carbocycles. The molecule has 0 aliphatic heterocycles. The van der Waals surface area contributed by atoms with E-state index in [1.807, 2.05) is 19.2 Å². The second-order valence-electron chi connectivity index (χ2n) is 6.66. The van der Waals surface area contributed by atoms with E-state index in [9.17, 15) is 8.42 Å². The van der Waals surface area contributed by atoms with Crippen molar-refractivity contribution in [1.82, 2.24) is 24.8 Å². The lowest BCUT2D eigenvalue weighted by Gasteiger charge is -2.13. The minimum absolute atomic E-state index is 0.153. The van der Waals surface area contributed by atoms with Gasteiger partial charge in [-0.3, -0.25) is 9.45 Å². The lowest BCUT2D eigenvalue weighted by molar-refractivity contribution is 0.465. The second-order valence-corrected chi connectivity index (χ2v) is 9.95. The first kappa shape index (κ1) is 20.2. The molecular weight excluding hydrogens is 430 g/mol. The Morgan fingerprint density at radius 3 is 2.10 bits per heavy atom. The maximum Gasteiger partial charge on any atom is 0.294 e. The maximum absolute atomic E-state index is 11.3.